The molecule has 0 spiro atoms. The Morgan fingerprint density at radius 2 is 1.63 bits per heavy atom. The Hall–Kier alpha value is -5.17. The number of nitrogens with one attached hydrogen (secondary N) is 5. The van der Waals surface area contributed by atoms with Crippen molar-refractivity contribution in [1.82, 2.24) is 36.0 Å². The number of amides is 5. The lowest BCUT2D eigenvalue weighted by molar-refractivity contribution is -0.147. The molecule has 4 aromatic rings. The highest BCUT2D eigenvalue weighted by Crippen LogP contribution is 2.43. The van der Waals surface area contributed by atoms with Crippen LogP contribution in [-0.4, -0.2) is 140 Å². The molecule has 0 bridgehead atoms. The Morgan fingerprint density at radius 1 is 0.899 bits per heavy atom. The van der Waals surface area contributed by atoms with Crippen molar-refractivity contribution in [1.29, 1.82) is 0 Å². The lowest BCUT2D eigenvalue weighted by Gasteiger charge is -2.43. The van der Waals surface area contributed by atoms with E-state index in [2.05, 4.69) is 62.4 Å². The van der Waals surface area contributed by atoms with Crippen molar-refractivity contribution in [2.75, 3.05) is 69.7 Å². The molecular formula is C60H81Cl3FN9O6. The molecule has 1 aliphatic carbocycles. The number of hydrogen-bond donors (Lipinski definition) is 5. The molecule has 79 heavy (non-hydrogen) atoms. The monoisotopic (exact) mass is 1150 g/mol. The van der Waals surface area contributed by atoms with Gasteiger partial charge in [-0.1, -0.05) is 75.4 Å². The Labute approximate surface area is 484 Å². The molecule has 0 saturated carbocycles. The topological polar surface area (TPSA) is 168 Å². The molecule has 4 aromatic carbocycles. The third-order valence-corrected chi connectivity index (χ3v) is 16.7. The number of nitrogens with zero attached hydrogens (tertiary/aromatic N) is 4. The summed E-state index contributed by atoms with van der Waals surface area (Å²) < 4.78 is 19.7. The Morgan fingerprint density at radius 3 is 2.35 bits per heavy atom. The summed E-state index contributed by atoms with van der Waals surface area (Å²) >= 11 is 0. The first-order valence-corrected chi connectivity index (χ1v) is 27.4. The van der Waals surface area contributed by atoms with Crippen LogP contribution < -0.4 is 31.5 Å². The molecule has 9 rings (SSSR count). The highest BCUT2D eigenvalue weighted by Gasteiger charge is 2.48. The summed E-state index contributed by atoms with van der Waals surface area (Å²) in [5.74, 6) is -1.67. The van der Waals surface area contributed by atoms with Crippen LogP contribution in [0.3, 0.4) is 0 Å². The molecule has 5 aliphatic rings. The van der Waals surface area contributed by atoms with E-state index >= 15 is 9.59 Å². The average Bonchev–Trinajstić information content (AvgIpc) is 3.95. The normalized spacial score (nSPS) is 23.7. The van der Waals surface area contributed by atoms with E-state index < -0.39 is 29.0 Å². The van der Waals surface area contributed by atoms with E-state index in [4.69, 9.17) is 4.74 Å². The molecule has 0 aromatic heterocycles. The summed E-state index contributed by atoms with van der Waals surface area (Å²) in [6.07, 6.45) is 3.39. The molecule has 0 radical (unpaired) electrons. The minimum absolute atomic E-state index is 0. The third kappa shape index (κ3) is 14.1. The van der Waals surface area contributed by atoms with Gasteiger partial charge in [0.1, 0.15) is 17.9 Å². The van der Waals surface area contributed by atoms with E-state index in [-0.39, 0.29) is 123 Å². The number of carbonyl (C=O) groups is 5. The molecule has 8 atom stereocenters. The number of carbonyl (C=O) groups excluding carboxylic acids is 5. The maximum Gasteiger partial charge on any atom is 0.246 e. The van der Waals surface area contributed by atoms with Gasteiger partial charge >= 0.3 is 0 Å². The van der Waals surface area contributed by atoms with Crippen LogP contribution in [0, 0.1) is 11.2 Å². The summed E-state index contributed by atoms with van der Waals surface area (Å²) in [6.45, 7) is 18.4. The standard InChI is InChI=1S/C60H78FN9O6.3ClH/c1-37-31-68(47(30-63-37)33-67-24-25-76-35-38(67)2)34-53(71)70-36-60(7,49-23-18-41(27-51(49)70)26-40-16-20-45(61)21-17-40)58(75)64-46-22-19-43-29-52(56(73)65-50-15-11-13-42-12-9-10-14-48(42)50)69(32-44(43)28-46)57(74)54(59(4,5)6)66-55(72)39(3)62-8;;;/h9-10,12,14,16-23,27-28,37-39,47,50,52,54,62-63H,11,13,15,24-26,29-36H2,1-8H3,(H,64,75)(H,65,73)(H,66,72);3*1H/t37-,38-,39?,47-,50-,52+,54?,60?;;;/m1.../s1. The molecule has 2 saturated heterocycles. The van der Waals surface area contributed by atoms with Crippen LogP contribution in [0.5, 0.6) is 0 Å². The number of fused-ring (bicyclic) bond motifs is 3. The van der Waals surface area contributed by atoms with Gasteiger partial charge in [-0.3, -0.25) is 33.8 Å². The predicted molar refractivity (Wildman–Crippen MR) is 315 cm³/mol. The first kappa shape index (κ1) is 63.0. The molecule has 4 heterocycles. The van der Waals surface area contributed by atoms with Crippen molar-refractivity contribution in [3.63, 3.8) is 0 Å². The van der Waals surface area contributed by atoms with Gasteiger partial charge in [-0.2, -0.15) is 0 Å². The number of likely N-dealkylation sites (N-methyl/N-ethyl adjacent to an activating group) is 1. The fraction of sp³-hybridized carbons (Fsp3) is 0.517. The number of anilines is 2. The van der Waals surface area contributed by atoms with Crippen LogP contribution >= 0.6 is 37.2 Å². The van der Waals surface area contributed by atoms with Gasteiger partial charge in [0.2, 0.25) is 29.5 Å². The number of morpholine rings is 1. The van der Waals surface area contributed by atoms with Gasteiger partial charge in [0, 0.05) is 75.2 Å². The van der Waals surface area contributed by atoms with E-state index in [0.717, 1.165) is 72.3 Å². The van der Waals surface area contributed by atoms with E-state index in [1.807, 2.05) is 76.2 Å². The van der Waals surface area contributed by atoms with Crippen molar-refractivity contribution >= 4 is 78.1 Å². The number of piperazine rings is 1. The largest absolute Gasteiger partial charge is 0.379 e. The van der Waals surface area contributed by atoms with Gasteiger partial charge in [0.25, 0.3) is 0 Å². The zero-order chi connectivity index (χ0) is 54.1. The fourth-order valence-corrected chi connectivity index (χ4v) is 11.9. The number of rotatable bonds is 14. The second kappa shape index (κ2) is 26.6. The quantitative estimate of drug-likeness (QED) is 0.0898. The fourth-order valence-electron chi connectivity index (χ4n) is 11.9. The summed E-state index contributed by atoms with van der Waals surface area (Å²) in [5, 5.41) is 16.1. The first-order chi connectivity index (χ1) is 36.3. The molecule has 15 nitrogen and oxygen atoms in total. The summed E-state index contributed by atoms with van der Waals surface area (Å²) in [4.78, 5) is 81.3. The van der Waals surface area contributed by atoms with Crippen molar-refractivity contribution < 1.29 is 33.1 Å². The first-order valence-electron chi connectivity index (χ1n) is 27.4. The van der Waals surface area contributed by atoms with Gasteiger partial charge in [0.15, 0.2) is 0 Å². The smallest absolute Gasteiger partial charge is 0.246 e. The second-order valence-electron chi connectivity index (χ2n) is 23.4. The van der Waals surface area contributed by atoms with Crippen LogP contribution in [0.4, 0.5) is 15.8 Å². The summed E-state index contributed by atoms with van der Waals surface area (Å²) in [6, 6.07) is 24.1. The van der Waals surface area contributed by atoms with Gasteiger partial charge in [0.05, 0.1) is 37.3 Å². The lowest BCUT2D eigenvalue weighted by atomic mass is 9.82. The molecule has 3 unspecified atom stereocenters. The van der Waals surface area contributed by atoms with Crippen LogP contribution in [-0.2, 0) is 59.9 Å². The molecule has 5 N–H and O–H groups in total. The van der Waals surface area contributed by atoms with E-state index in [1.54, 1.807) is 35.9 Å². The maximum atomic E-state index is 15.1. The Bertz CT molecular complexity index is 2820. The van der Waals surface area contributed by atoms with Crippen LogP contribution in [0.1, 0.15) is 106 Å². The van der Waals surface area contributed by atoms with Gasteiger partial charge in [-0.25, -0.2) is 4.39 Å². The molecular weight excluding hydrogens is 1070 g/mol. The zero-order valence-corrected chi connectivity index (χ0v) is 49.3. The minimum Gasteiger partial charge on any atom is -0.379 e. The summed E-state index contributed by atoms with van der Waals surface area (Å²) in [5.41, 5.74) is 5.82. The predicted octanol–water partition coefficient (Wildman–Crippen LogP) is 6.89. The van der Waals surface area contributed by atoms with E-state index in [0.29, 0.717) is 37.6 Å². The number of benzene rings is 4. The molecule has 4 aliphatic heterocycles. The second-order valence-corrected chi connectivity index (χ2v) is 23.4. The highest BCUT2D eigenvalue weighted by atomic mass is 35.5. The van der Waals surface area contributed by atoms with Gasteiger partial charge in [-0.15, -0.1) is 37.2 Å². The molecule has 430 valence electrons. The maximum absolute atomic E-state index is 15.1. The van der Waals surface area contributed by atoms with Crippen LogP contribution in [0.25, 0.3) is 0 Å². The molecule has 5 amide bonds. The number of hydrogen-bond acceptors (Lipinski definition) is 10. The van der Waals surface area contributed by atoms with E-state index in [1.165, 1.54) is 17.7 Å². The van der Waals surface area contributed by atoms with Gasteiger partial charge in [-0.05, 0) is 135 Å². The van der Waals surface area contributed by atoms with Crippen molar-refractivity contribution in [2.24, 2.45) is 5.41 Å². The zero-order valence-electron chi connectivity index (χ0n) is 46.9. The minimum atomic E-state index is -1.17. The summed E-state index contributed by atoms with van der Waals surface area (Å²) in [7, 11) is 1.69. The Kier molecular flexibility index (Phi) is 21.2. The van der Waals surface area contributed by atoms with Crippen molar-refractivity contribution in [3.8, 4) is 0 Å². The van der Waals surface area contributed by atoms with Crippen molar-refractivity contribution in [2.45, 2.75) is 135 Å². The third-order valence-electron chi connectivity index (χ3n) is 16.7. The average molecular weight is 1150 g/mol. The van der Waals surface area contributed by atoms with E-state index in [9.17, 15) is 18.8 Å². The van der Waals surface area contributed by atoms with Crippen LogP contribution in [0.15, 0.2) is 84.9 Å². The molecule has 19 heteroatoms. The highest BCUT2D eigenvalue weighted by molar-refractivity contribution is 6.07. The van der Waals surface area contributed by atoms with Gasteiger partial charge < -0.3 is 41.1 Å². The Balaban J connectivity index is 0.00000336. The number of halogens is 4. The molecule has 2 fully saturated rings. The number of aryl methyl sites for hydroxylation is 1. The number of ether oxygens (including phenoxy) is 1. The SMILES string of the molecule is CNC(C)C(=O)NC(C(=O)N1Cc2cc(NC(=O)C3(C)CN(C(=O)CN4C[C@@H](C)NC[C@@H]4CN4CCOC[C@H]4C)c4cc(Cc5ccc(F)cc5)ccc43)ccc2C[C@H]1C(=O)N[C@@H]1CCCc2ccccc21)C(C)(C)C.Cl.Cl.Cl. The van der Waals surface area contributed by atoms with Crippen LogP contribution in [0.2, 0.25) is 0 Å². The van der Waals surface area contributed by atoms with Crippen molar-refractivity contribution in [3.05, 3.63) is 130 Å². The lowest BCUT2D eigenvalue weighted by Crippen LogP contribution is -2.62.